The number of Topliss-reactive ketones (excluding diaryl/α,β-unsaturated/α-hetero) is 1. The standard InChI is InChI=1S/C8H16O3/c1-6(10)5-8(3-4-9)7(2)11/h6,8-10H,3-5H2,1-2H3. The second kappa shape index (κ2) is 5.27. The quantitative estimate of drug-likeness (QED) is 0.610. The number of aliphatic hydroxyl groups excluding tert-OH is 2. The molecule has 0 fully saturated rings. The van der Waals surface area contributed by atoms with Crippen LogP contribution in [0.15, 0.2) is 0 Å². The summed E-state index contributed by atoms with van der Waals surface area (Å²) in [6.45, 7) is 3.15. The highest BCUT2D eigenvalue weighted by molar-refractivity contribution is 5.78. The first-order valence-electron chi connectivity index (χ1n) is 3.87. The van der Waals surface area contributed by atoms with Crippen molar-refractivity contribution < 1.29 is 15.0 Å². The molecule has 0 rings (SSSR count). The Kier molecular flexibility index (Phi) is 5.07. The topological polar surface area (TPSA) is 57.5 Å². The van der Waals surface area contributed by atoms with Gasteiger partial charge in [0.15, 0.2) is 0 Å². The van der Waals surface area contributed by atoms with E-state index in [1.807, 2.05) is 0 Å². The lowest BCUT2D eigenvalue weighted by Gasteiger charge is -2.13. The summed E-state index contributed by atoms with van der Waals surface area (Å²) in [6, 6.07) is 0. The Morgan fingerprint density at radius 1 is 1.55 bits per heavy atom. The van der Waals surface area contributed by atoms with Gasteiger partial charge in [-0.05, 0) is 26.7 Å². The molecule has 0 bridgehead atoms. The third-order valence-electron chi connectivity index (χ3n) is 1.68. The summed E-state index contributed by atoms with van der Waals surface area (Å²) >= 11 is 0. The lowest BCUT2D eigenvalue weighted by Crippen LogP contribution is -2.18. The summed E-state index contributed by atoms with van der Waals surface area (Å²) < 4.78 is 0. The fourth-order valence-corrected chi connectivity index (χ4v) is 1.05. The molecule has 0 aromatic carbocycles. The molecule has 2 N–H and O–H groups in total. The molecule has 0 amide bonds. The highest BCUT2D eigenvalue weighted by Crippen LogP contribution is 2.11. The third-order valence-corrected chi connectivity index (χ3v) is 1.68. The molecule has 0 aliphatic heterocycles. The van der Waals surface area contributed by atoms with Crippen LogP contribution >= 0.6 is 0 Å². The molecule has 0 saturated heterocycles. The van der Waals surface area contributed by atoms with Crippen molar-refractivity contribution in [2.45, 2.75) is 32.8 Å². The molecular weight excluding hydrogens is 144 g/mol. The number of rotatable bonds is 5. The molecule has 0 aromatic rings. The maximum Gasteiger partial charge on any atom is 0.133 e. The van der Waals surface area contributed by atoms with E-state index in [2.05, 4.69) is 0 Å². The van der Waals surface area contributed by atoms with Crippen LogP contribution in [0, 0.1) is 5.92 Å². The van der Waals surface area contributed by atoms with E-state index >= 15 is 0 Å². The number of aliphatic hydroxyl groups is 2. The van der Waals surface area contributed by atoms with E-state index < -0.39 is 6.10 Å². The van der Waals surface area contributed by atoms with Gasteiger partial charge in [0.1, 0.15) is 5.78 Å². The van der Waals surface area contributed by atoms with E-state index in [0.29, 0.717) is 12.8 Å². The van der Waals surface area contributed by atoms with Gasteiger partial charge in [-0.15, -0.1) is 0 Å². The van der Waals surface area contributed by atoms with Gasteiger partial charge in [-0.1, -0.05) is 0 Å². The van der Waals surface area contributed by atoms with Crippen LogP contribution in [-0.2, 0) is 4.79 Å². The van der Waals surface area contributed by atoms with Crippen molar-refractivity contribution in [2.24, 2.45) is 5.92 Å². The van der Waals surface area contributed by atoms with Crippen LogP contribution in [0.25, 0.3) is 0 Å². The lowest BCUT2D eigenvalue weighted by molar-refractivity contribution is -0.122. The Morgan fingerprint density at radius 2 is 2.09 bits per heavy atom. The van der Waals surface area contributed by atoms with E-state index in [-0.39, 0.29) is 18.3 Å². The highest BCUT2D eigenvalue weighted by Gasteiger charge is 2.15. The molecule has 2 unspecified atom stereocenters. The van der Waals surface area contributed by atoms with Crippen LogP contribution in [-0.4, -0.2) is 28.7 Å². The number of hydrogen-bond acceptors (Lipinski definition) is 3. The van der Waals surface area contributed by atoms with Crippen molar-refractivity contribution in [3.63, 3.8) is 0 Å². The van der Waals surface area contributed by atoms with E-state index in [9.17, 15) is 4.79 Å². The van der Waals surface area contributed by atoms with Crippen molar-refractivity contribution in [3.8, 4) is 0 Å². The highest BCUT2D eigenvalue weighted by atomic mass is 16.3. The number of ketones is 1. The van der Waals surface area contributed by atoms with Gasteiger partial charge in [0.05, 0.1) is 6.10 Å². The molecule has 0 aliphatic rings. The molecule has 0 aliphatic carbocycles. The Labute approximate surface area is 67.0 Å². The second-order valence-corrected chi connectivity index (χ2v) is 2.90. The fourth-order valence-electron chi connectivity index (χ4n) is 1.05. The normalized spacial score (nSPS) is 16.0. The summed E-state index contributed by atoms with van der Waals surface area (Å²) in [5.41, 5.74) is 0. The van der Waals surface area contributed by atoms with Crippen LogP contribution in [0.3, 0.4) is 0 Å². The smallest absolute Gasteiger partial charge is 0.133 e. The Hall–Kier alpha value is -0.410. The number of carbonyl (C=O) groups is 1. The van der Waals surface area contributed by atoms with Crippen LogP contribution in [0.5, 0.6) is 0 Å². The molecule has 66 valence electrons. The van der Waals surface area contributed by atoms with Crippen molar-refractivity contribution in [3.05, 3.63) is 0 Å². The average molecular weight is 160 g/mol. The minimum Gasteiger partial charge on any atom is -0.396 e. The average Bonchev–Trinajstić information content (AvgIpc) is 1.86. The fraction of sp³-hybridized carbons (Fsp3) is 0.875. The first-order valence-corrected chi connectivity index (χ1v) is 3.87. The van der Waals surface area contributed by atoms with Crippen LogP contribution in [0.2, 0.25) is 0 Å². The minimum atomic E-state index is -0.463. The molecule has 3 heteroatoms. The van der Waals surface area contributed by atoms with Crippen LogP contribution in [0.4, 0.5) is 0 Å². The number of hydrogen-bond donors (Lipinski definition) is 2. The van der Waals surface area contributed by atoms with E-state index in [4.69, 9.17) is 10.2 Å². The molecule has 0 saturated carbocycles. The summed E-state index contributed by atoms with van der Waals surface area (Å²) in [4.78, 5) is 10.8. The van der Waals surface area contributed by atoms with Crippen LogP contribution in [0.1, 0.15) is 26.7 Å². The lowest BCUT2D eigenvalue weighted by atomic mass is 9.95. The van der Waals surface area contributed by atoms with Gasteiger partial charge >= 0.3 is 0 Å². The predicted octanol–water partition coefficient (Wildman–Crippen LogP) is 0.345. The third kappa shape index (κ3) is 4.93. The van der Waals surface area contributed by atoms with Gasteiger partial charge in [-0.2, -0.15) is 0 Å². The molecule has 3 nitrogen and oxygen atoms in total. The Bertz CT molecular complexity index is 121. The Morgan fingerprint density at radius 3 is 2.36 bits per heavy atom. The molecule has 0 aromatic heterocycles. The van der Waals surface area contributed by atoms with Crippen molar-refractivity contribution >= 4 is 5.78 Å². The zero-order chi connectivity index (χ0) is 8.85. The maximum absolute atomic E-state index is 10.8. The summed E-state index contributed by atoms with van der Waals surface area (Å²) in [5.74, 6) is -0.139. The van der Waals surface area contributed by atoms with Crippen LogP contribution < -0.4 is 0 Å². The maximum atomic E-state index is 10.8. The Balaban J connectivity index is 3.79. The summed E-state index contributed by atoms with van der Waals surface area (Å²) in [5, 5.41) is 17.5. The first kappa shape index (κ1) is 10.6. The monoisotopic (exact) mass is 160 g/mol. The van der Waals surface area contributed by atoms with Gasteiger partial charge in [0, 0.05) is 12.5 Å². The van der Waals surface area contributed by atoms with Crippen molar-refractivity contribution in [2.75, 3.05) is 6.61 Å². The minimum absolute atomic E-state index is 0.0109. The summed E-state index contributed by atoms with van der Waals surface area (Å²) in [6.07, 6.45) is 0.450. The summed E-state index contributed by atoms with van der Waals surface area (Å²) in [7, 11) is 0. The molecule has 0 radical (unpaired) electrons. The molecule has 11 heavy (non-hydrogen) atoms. The molecule has 0 spiro atoms. The SMILES string of the molecule is CC(=O)C(CCO)CC(C)O. The number of carbonyl (C=O) groups excluding carboxylic acids is 1. The van der Waals surface area contributed by atoms with Gasteiger partial charge in [0.2, 0.25) is 0 Å². The zero-order valence-electron chi connectivity index (χ0n) is 7.08. The van der Waals surface area contributed by atoms with Crippen molar-refractivity contribution in [1.82, 2.24) is 0 Å². The second-order valence-electron chi connectivity index (χ2n) is 2.90. The molecular formula is C8H16O3. The predicted molar refractivity (Wildman–Crippen MR) is 42.2 cm³/mol. The van der Waals surface area contributed by atoms with Gasteiger partial charge in [0.25, 0.3) is 0 Å². The van der Waals surface area contributed by atoms with Gasteiger partial charge in [-0.25, -0.2) is 0 Å². The molecule has 0 heterocycles. The van der Waals surface area contributed by atoms with Gasteiger partial charge < -0.3 is 10.2 Å². The van der Waals surface area contributed by atoms with E-state index in [1.54, 1.807) is 6.92 Å². The van der Waals surface area contributed by atoms with E-state index in [1.165, 1.54) is 6.92 Å². The molecule has 2 atom stereocenters. The van der Waals surface area contributed by atoms with E-state index in [0.717, 1.165) is 0 Å². The zero-order valence-corrected chi connectivity index (χ0v) is 7.08. The van der Waals surface area contributed by atoms with Crippen molar-refractivity contribution in [1.29, 1.82) is 0 Å². The first-order chi connectivity index (χ1) is 5.07. The van der Waals surface area contributed by atoms with Gasteiger partial charge in [-0.3, -0.25) is 4.79 Å². The largest absolute Gasteiger partial charge is 0.396 e.